The number of ether oxygens (including phenoxy) is 3. The summed E-state index contributed by atoms with van der Waals surface area (Å²) in [5.74, 6) is 1.34. The first kappa shape index (κ1) is 15.7. The van der Waals surface area contributed by atoms with Crippen molar-refractivity contribution < 1.29 is 19.0 Å². The molecule has 0 aliphatic carbocycles. The van der Waals surface area contributed by atoms with Crippen LogP contribution in [0.2, 0.25) is 5.02 Å². The van der Waals surface area contributed by atoms with E-state index < -0.39 is 5.97 Å². The number of nitrogens with zero attached hydrogens (tertiary/aromatic N) is 1. The van der Waals surface area contributed by atoms with E-state index >= 15 is 0 Å². The van der Waals surface area contributed by atoms with E-state index in [1.54, 1.807) is 12.1 Å². The van der Waals surface area contributed by atoms with Gasteiger partial charge in [0.1, 0.15) is 0 Å². The molecule has 4 rings (SSSR count). The zero-order valence-electron chi connectivity index (χ0n) is 13.2. The third kappa shape index (κ3) is 3.51. The summed E-state index contributed by atoms with van der Waals surface area (Å²) in [6.07, 6.45) is 2.95. The maximum absolute atomic E-state index is 12.0. The molecule has 25 heavy (non-hydrogen) atoms. The van der Waals surface area contributed by atoms with Gasteiger partial charge in [0.2, 0.25) is 6.79 Å². The Hall–Kier alpha value is -2.79. The normalized spacial score (nSPS) is 16.9. The van der Waals surface area contributed by atoms with Crippen LogP contribution in [0.4, 0.5) is 0 Å². The topological polar surface area (TPSA) is 57.1 Å². The number of aliphatic imine (C=N–C) groups is 1. The van der Waals surface area contributed by atoms with E-state index in [1.807, 2.05) is 36.4 Å². The van der Waals surface area contributed by atoms with E-state index in [2.05, 4.69) is 4.99 Å². The van der Waals surface area contributed by atoms with Gasteiger partial charge in [-0.05, 0) is 47.9 Å². The van der Waals surface area contributed by atoms with Crippen molar-refractivity contribution in [3.05, 3.63) is 64.3 Å². The molecule has 2 aliphatic rings. The van der Waals surface area contributed by atoms with E-state index in [4.69, 9.17) is 25.8 Å². The summed E-state index contributed by atoms with van der Waals surface area (Å²) < 4.78 is 15.9. The van der Waals surface area contributed by atoms with E-state index in [9.17, 15) is 4.79 Å². The summed E-state index contributed by atoms with van der Waals surface area (Å²) in [5.41, 5.74) is 2.19. The van der Waals surface area contributed by atoms with Gasteiger partial charge >= 0.3 is 5.97 Å². The maximum Gasteiger partial charge on any atom is 0.363 e. The third-order valence-electron chi connectivity index (χ3n) is 3.91. The first-order valence-electron chi connectivity index (χ1n) is 7.83. The molecule has 0 unspecified atom stereocenters. The predicted octanol–water partition coefficient (Wildman–Crippen LogP) is 4.00. The number of esters is 1. The maximum atomic E-state index is 12.0. The molecule has 0 saturated heterocycles. The van der Waals surface area contributed by atoms with Gasteiger partial charge in [0.05, 0.1) is 0 Å². The SMILES string of the molecule is O=C1OC(CCc2ccc(Cl)cc2)=N/C1=C/c1ccc2c(c1)OCO2. The van der Waals surface area contributed by atoms with Crippen molar-refractivity contribution in [1.29, 1.82) is 0 Å². The molecule has 2 aromatic rings. The van der Waals surface area contributed by atoms with Gasteiger partial charge in [-0.2, -0.15) is 0 Å². The van der Waals surface area contributed by atoms with E-state index in [1.165, 1.54) is 0 Å². The van der Waals surface area contributed by atoms with Gasteiger partial charge < -0.3 is 14.2 Å². The molecule has 0 aromatic heterocycles. The fraction of sp³-hybridized carbons (Fsp3) is 0.158. The Bertz CT molecular complexity index is 887. The van der Waals surface area contributed by atoms with Crippen molar-refractivity contribution in [1.82, 2.24) is 0 Å². The van der Waals surface area contributed by atoms with Crippen molar-refractivity contribution >= 4 is 29.5 Å². The predicted molar refractivity (Wildman–Crippen MR) is 93.8 cm³/mol. The smallest absolute Gasteiger partial charge is 0.363 e. The van der Waals surface area contributed by atoms with Gasteiger partial charge in [0.25, 0.3) is 0 Å². The molecule has 5 nitrogen and oxygen atoms in total. The highest BCUT2D eigenvalue weighted by molar-refractivity contribution is 6.30. The number of benzene rings is 2. The number of hydrogen-bond acceptors (Lipinski definition) is 5. The molecule has 6 heteroatoms. The monoisotopic (exact) mass is 355 g/mol. The van der Waals surface area contributed by atoms with Gasteiger partial charge in [-0.3, -0.25) is 0 Å². The molecule has 0 spiro atoms. The Kier molecular flexibility index (Phi) is 4.15. The minimum Gasteiger partial charge on any atom is -0.454 e. The largest absolute Gasteiger partial charge is 0.454 e. The molecular weight excluding hydrogens is 342 g/mol. The van der Waals surface area contributed by atoms with Crippen LogP contribution in [-0.2, 0) is 16.0 Å². The average Bonchev–Trinajstić information content (AvgIpc) is 3.21. The van der Waals surface area contributed by atoms with Crippen LogP contribution in [-0.4, -0.2) is 18.7 Å². The van der Waals surface area contributed by atoms with Crippen molar-refractivity contribution in [3.8, 4) is 11.5 Å². The van der Waals surface area contributed by atoms with Crippen LogP contribution in [0.3, 0.4) is 0 Å². The lowest BCUT2D eigenvalue weighted by Crippen LogP contribution is -2.05. The second-order valence-corrected chi connectivity index (χ2v) is 6.10. The summed E-state index contributed by atoms with van der Waals surface area (Å²) in [6, 6.07) is 13.0. The highest BCUT2D eigenvalue weighted by Crippen LogP contribution is 2.33. The summed E-state index contributed by atoms with van der Waals surface area (Å²) in [6.45, 7) is 0.213. The molecule has 2 aliphatic heterocycles. The van der Waals surface area contributed by atoms with Gasteiger partial charge in [0, 0.05) is 11.4 Å². The second-order valence-electron chi connectivity index (χ2n) is 5.66. The molecule has 0 amide bonds. The molecule has 0 N–H and O–H groups in total. The molecule has 0 atom stereocenters. The van der Waals surface area contributed by atoms with Gasteiger partial charge in [-0.25, -0.2) is 9.79 Å². The molecule has 126 valence electrons. The van der Waals surface area contributed by atoms with Gasteiger partial charge in [0.15, 0.2) is 23.1 Å². The Labute approximate surface area is 149 Å². The number of halogens is 1. The highest BCUT2D eigenvalue weighted by Gasteiger charge is 2.23. The van der Waals surface area contributed by atoms with Gasteiger partial charge in [-0.1, -0.05) is 29.8 Å². The number of aryl methyl sites for hydroxylation is 1. The van der Waals surface area contributed by atoms with Crippen LogP contribution in [0.25, 0.3) is 6.08 Å². The average molecular weight is 356 g/mol. The van der Waals surface area contributed by atoms with E-state index in [0.717, 1.165) is 17.5 Å². The van der Waals surface area contributed by atoms with E-state index in [0.29, 0.717) is 28.8 Å². The summed E-state index contributed by atoms with van der Waals surface area (Å²) in [7, 11) is 0. The highest BCUT2D eigenvalue weighted by atomic mass is 35.5. The Morgan fingerprint density at radius 2 is 1.84 bits per heavy atom. The number of carbonyl (C=O) groups is 1. The van der Waals surface area contributed by atoms with Crippen LogP contribution in [0.15, 0.2) is 53.2 Å². The number of hydrogen-bond donors (Lipinski definition) is 0. The zero-order valence-corrected chi connectivity index (χ0v) is 14.0. The van der Waals surface area contributed by atoms with Crippen molar-refractivity contribution in [3.63, 3.8) is 0 Å². The molecule has 2 heterocycles. The first-order chi connectivity index (χ1) is 12.2. The summed E-state index contributed by atoms with van der Waals surface area (Å²) >= 11 is 5.87. The van der Waals surface area contributed by atoms with Crippen molar-refractivity contribution in [2.24, 2.45) is 4.99 Å². The first-order valence-corrected chi connectivity index (χ1v) is 8.21. The van der Waals surface area contributed by atoms with Crippen LogP contribution in [0, 0.1) is 0 Å². The lowest BCUT2D eigenvalue weighted by atomic mass is 10.1. The lowest BCUT2D eigenvalue weighted by Gasteiger charge is -2.00. The fourth-order valence-corrected chi connectivity index (χ4v) is 2.75. The Balaban J connectivity index is 1.47. The standard InChI is InChI=1S/C19H14ClNO4/c20-14-5-1-12(2-6-14)4-8-18-21-15(19(22)25-18)9-13-3-7-16-17(10-13)24-11-23-16/h1-3,5-7,9-10H,4,8,11H2/b15-9+. The van der Waals surface area contributed by atoms with E-state index in [-0.39, 0.29) is 12.5 Å². The molecule has 0 saturated carbocycles. The third-order valence-corrected chi connectivity index (χ3v) is 4.16. The summed E-state index contributed by atoms with van der Waals surface area (Å²) in [4.78, 5) is 16.3. The molecule has 2 aromatic carbocycles. The minimum atomic E-state index is -0.441. The Morgan fingerprint density at radius 1 is 1.04 bits per heavy atom. The number of carbonyl (C=O) groups excluding carboxylic acids is 1. The minimum absolute atomic E-state index is 0.213. The summed E-state index contributed by atoms with van der Waals surface area (Å²) in [5, 5.41) is 0.697. The van der Waals surface area contributed by atoms with Crippen LogP contribution >= 0.6 is 11.6 Å². The molecule has 0 radical (unpaired) electrons. The zero-order chi connectivity index (χ0) is 17.2. The van der Waals surface area contributed by atoms with Crippen molar-refractivity contribution in [2.45, 2.75) is 12.8 Å². The number of cyclic esters (lactones) is 1. The van der Waals surface area contributed by atoms with Gasteiger partial charge in [-0.15, -0.1) is 0 Å². The fourth-order valence-electron chi connectivity index (χ4n) is 2.62. The Morgan fingerprint density at radius 3 is 2.68 bits per heavy atom. The second kappa shape index (κ2) is 6.61. The van der Waals surface area contributed by atoms with Crippen LogP contribution in [0.1, 0.15) is 17.5 Å². The van der Waals surface area contributed by atoms with Crippen LogP contribution < -0.4 is 9.47 Å². The number of rotatable bonds is 4. The number of fused-ring (bicyclic) bond motifs is 1. The van der Waals surface area contributed by atoms with Crippen molar-refractivity contribution in [2.75, 3.05) is 6.79 Å². The lowest BCUT2D eigenvalue weighted by molar-refractivity contribution is -0.130. The molecule has 0 fully saturated rings. The molecule has 0 bridgehead atoms. The van der Waals surface area contributed by atoms with Crippen LogP contribution in [0.5, 0.6) is 11.5 Å². The molecular formula is C19H14ClNO4. The quantitative estimate of drug-likeness (QED) is 0.614.